The minimum atomic E-state index is -0.397. The molecule has 0 spiro atoms. The lowest BCUT2D eigenvalue weighted by molar-refractivity contribution is 0.418. The number of phenols is 1. The summed E-state index contributed by atoms with van der Waals surface area (Å²) in [4.78, 5) is 4.21. The Kier molecular flexibility index (Phi) is 3.58. The number of phenolic OH excluding ortho intramolecular Hbond substituents is 1. The van der Waals surface area contributed by atoms with Crippen molar-refractivity contribution < 1.29 is 14.0 Å². The summed E-state index contributed by atoms with van der Waals surface area (Å²) in [5.41, 5.74) is 1.16. The molecule has 1 aromatic heterocycles. The van der Waals surface area contributed by atoms with Gasteiger partial charge in [0, 0.05) is 11.4 Å². The van der Waals surface area contributed by atoms with Gasteiger partial charge >= 0.3 is 0 Å². The van der Waals surface area contributed by atoms with Gasteiger partial charge in [0.05, 0.1) is 5.56 Å². The first-order valence-electron chi connectivity index (χ1n) is 6.18. The van der Waals surface area contributed by atoms with Crippen LogP contribution in [0.5, 0.6) is 5.75 Å². The van der Waals surface area contributed by atoms with Crippen molar-refractivity contribution >= 4 is 11.6 Å². The zero-order valence-electron chi connectivity index (χ0n) is 10.8. The van der Waals surface area contributed by atoms with Gasteiger partial charge in [0.15, 0.2) is 5.82 Å². The number of nitrogens with zero attached hydrogens (tertiary/aromatic N) is 2. The third-order valence-electron chi connectivity index (χ3n) is 2.97. The molecule has 0 unspecified atom stereocenters. The largest absolute Gasteiger partial charge is 0.507 e. The average molecular weight is 305 g/mol. The maximum atomic E-state index is 13.0. The first kappa shape index (κ1) is 13.6. The summed E-state index contributed by atoms with van der Waals surface area (Å²) >= 11 is 5.96. The predicted molar refractivity (Wildman–Crippen MR) is 75.6 cm³/mol. The highest BCUT2D eigenvalue weighted by atomic mass is 35.5. The number of rotatable bonds is 3. The van der Waals surface area contributed by atoms with Crippen LogP contribution < -0.4 is 0 Å². The van der Waals surface area contributed by atoms with Crippen LogP contribution in [-0.2, 0) is 6.42 Å². The Hall–Kier alpha value is -2.40. The van der Waals surface area contributed by atoms with Crippen molar-refractivity contribution in [1.29, 1.82) is 0 Å². The first-order valence-corrected chi connectivity index (χ1v) is 6.56. The van der Waals surface area contributed by atoms with Crippen molar-refractivity contribution in [3.63, 3.8) is 0 Å². The predicted octanol–water partition coefficient (Wildman–Crippen LogP) is 3.83. The second-order valence-electron chi connectivity index (χ2n) is 4.45. The van der Waals surface area contributed by atoms with Gasteiger partial charge in [-0.05, 0) is 29.8 Å². The molecule has 0 amide bonds. The number of para-hydroxylation sites is 1. The summed E-state index contributed by atoms with van der Waals surface area (Å²) in [5, 5.41) is 13.9. The second-order valence-corrected chi connectivity index (χ2v) is 4.85. The van der Waals surface area contributed by atoms with E-state index in [1.54, 1.807) is 24.3 Å². The highest BCUT2D eigenvalue weighted by molar-refractivity contribution is 6.31. The van der Waals surface area contributed by atoms with Crippen LogP contribution in [0.15, 0.2) is 47.0 Å². The Morgan fingerprint density at radius 2 is 2.00 bits per heavy atom. The van der Waals surface area contributed by atoms with E-state index in [1.807, 2.05) is 0 Å². The number of aromatic nitrogens is 2. The Morgan fingerprint density at radius 1 is 1.19 bits per heavy atom. The molecule has 4 nitrogen and oxygen atoms in total. The fraction of sp³-hybridized carbons (Fsp3) is 0.0667. The molecular weight excluding hydrogens is 295 g/mol. The molecule has 0 radical (unpaired) electrons. The molecule has 0 atom stereocenters. The lowest BCUT2D eigenvalue weighted by Crippen LogP contribution is -1.92. The minimum absolute atomic E-state index is 0.0625. The fourth-order valence-electron chi connectivity index (χ4n) is 1.93. The van der Waals surface area contributed by atoms with Crippen LogP contribution in [0.4, 0.5) is 4.39 Å². The van der Waals surface area contributed by atoms with Crippen molar-refractivity contribution in [2.24, 2.45) is 0 Å². The van der Waals surface area contributed by atoms with E-state index in [4.69, 9.17) is 16.1 Å². The third kappa shape index (κ3) is 2.87. The highest BCUT2D eigenvalue weighted by Gasteiger charge is 2.13. The molecule has 0 bridgehead atoms. The van der Waals surface area contributed by atoms with Gasteiger partial charge in [-0.25, -0.2) is 4.39 Å². The third-order valence-corrected chi connectivity index (χ3v) is 3.32. The Morgan fingerprint density at radius 3 is 2.76 bits per heavy atom. The average Bonchev–Trinajstić information content (AvgIpc) is 2.91. The molecule has 0 saturated carbocycles. The van der Waals surface area contributed by atoms with Crippen LogP contribution in [0.25, 0.3) is 11.5 Å². The van der Waals surface area contributed by atoms with Gasteiger partial charge < -0.3 is 9.63 Å². The van der Waals surface area contributed by atoms with Gasteiger partial charge in [-0.15, -0.1) is 0 Å². The molecule has 0 aliphatic heterocycles. The molecule has 21 heavy (non-hydrogen) atoms. The molecule has 6 heteroatoms. The highest BCUT2D eigenvalue weighted by Crippen LogP contribution is 2.27. The van der Waals surface area contributed by atoms with Gasteiger partial charge in [-0.1, -0.05) is 35.0 Å². The van der Waals surface area contributed by atoms with Crippen LogP contribution in [0.2, 0.25) is 5.02 Å². The van der Waals surface area contributed by atoms with E-state index in [-0.39, 0.29) is 11.6 Å². The van der Waals surface area contributed by atoms with Crippen molar-refractivity contribution in [2.75, 3.05) is 0 Å². The minimum Gasteiger partial charge on any atom is -0.507 e. The van der Waals surface area contributed by atoms with Crippen molar-refractivity contribution in [3.05, 3.63) is 64.7 Å². The van der Waals surface area contributed by atoms with Crippen molar-refractivity contribution in [3.8, 4) is 17.2 Å². The molecule has 0 aliphatic carbocycles. The SMILES string of the molecule is Oc1ccccc1-c1nc(Cc2ccc(F)cc2Cl)no1. The standard InChI is InChI=1S/C15H10ClFN2O2/c16-12-8-10(17)6-5-9(12)7-14-18-15(21-19-14)11-3-1-2-4-13(11)20/h1-6,8,20H,7H2. The Balaban J connectivity index is 1.87. The maximum Gasteiger partial charge on any atom is 0.261 e. The molecule has 3 aromatic rings. The van der Waals surface area contributed by atoms with E-state index >= 15 is 0 Å². The number of hydrogen-bond acceptors (Lipinski definition) is 4. The molecule has 0 fully saturated rings. The van der Waals surface area contributed by atoms with E-state index in [1.165, 1.54) is 18.2 Å². The lowest BCUT2D eigenvalue weighted by Gasteiger charge is -2.00. The summed E-state index contributed by atoms with van der Waals surface area (Å²) < 4.78 is 18.1. The van der Waals surface area contributed by atoms with Crippen LogP contribution in [-0.4, -0.2) is 15.2 Å². The summed E-state index contributed by atoms with van der Waals surface area (Å²) in [6.07, 6.45) is 0.316. The molecular formula is C15H10ClFN2O2. The zero-order chi connectivity index (χ0) is 14.8. The number of halogens is 2. The molecule has 0 saturated heterocycles. The number of benzene rings is 2. The van der Waals surface area contributed by atoms with E-state index < -0.39 is 5.82 Å². The number of aromatic hydroxyl groups is 1. The second kappa shape index (κ2) is 5.54. The lowest BCUT2D eigenvalue weighted by atomic mass is 10.1. The summed E-state index contributed by atoms with van der Waals surface area (Å²) in [6, 6.07) is 10.8. The Labute approximate surface area is 124 Å². The normalized spacial score (nSPS) is 10.8. The van der Waals surface area contributed by atoms with E-state index in [0.717, 1.165) is 0 Å². The van der Waals surface area contributed by atoms with Gasteiger partial charge in [-0.2, -0.15) is 4.98 Å². The van der Waals surface area contributed by atoms with Crippen LogP contribution >= 0.6 is 11.6 Å². The molecule has 0 aliphatic rings. The first-order chi connectivity index (χ1) is 10.1. The van der Waals surface area contributed by atoms with Crippen molar-refractivity contribution in [2.45, 2.75) is 6.42 Å². The fourth-order valence-corrected chi connectivity index (χ4v) is 2.16. The maximum absolute atomic E-state index is 13.0. The van der Waals surface area contributed by atoms with Crippen molar-refractivity contribution in [1.82, 2.24) is 10.1 Å². The zero-order valence-corrected chi connectivity index (χ0v) is 11.5. The van der Waals surface area contributed by atoms with Gasteiger partial charge in [0.25, 0.3) is 5.89 Å². The van der Waals surface area contributed by atoms with E-state index in [2.05, 4.69) is 10.1 Å². The molecule has 3 rings (SSSR count). The summed E-state index contributed by atoms with van der Waals surface area (Å²) in [7, 11) is 0. The molecule has 1 heterocycles. The smallest absolute Gasteiger partial charge is 0.261 e. The summed E-state index contributed by atoms with van der Waals surface area (Å²) in [6.45, 7) is 0. The van der Waals surface area contributed by atoms with Crippen LogP contribution in [0, 0.1) is 5.82 Å². The monoisotopic (exact) mass is 304 g/mol. The van der Waals surface area contributed by atoms with Crippen LogP contribution in [0.3, 0.4) is 0 Å². The molecule has 106 valence electrons. The number of hydrogen-bond donors (Lipinski definition) is 1. The van der Waals surface area contributed by atoms with Gasteiger partial charge in [0.2, 0.25) is 0 Å². The van der Waals surface area contributed by atoms with Gasteiger partial charge in [0.1, 0.15) is 11.6 Å². The van der Waals surface area contributed by atoms with E-state index in [0.29, 0.717) is 28.4 Å². The van der Waals surface area contributed by atoms with Gasteiger partial charge in [-0.3, -0.25) is 0 Å². The Bertz CT molecular complexity index is 789. The molecule has 1 N–H and O–H groups in total. The quantitative estimate of drug-likeness (QED) is 0.799. The van der Waals surface area contributed by atoms with E-state index in [9.17, 15) is 9.50 Å². The molecule has 2 aromatic carbocycles. The summed E-state index contributed by atoms with van der Waals surface area (Å²) in [5.74, 6) is 0.294. The van der Waals surface area contributed by atoms with Crippen LogP contribution in [0.1, 0.15) is 11.4 Å². The topological polar surface area (TPSA) is 59.2 Å².